The van der Waals surface area contributed by atoms with Gasteiger partial charge in [0.2, 0.25) is 0 Å². The maximum atomic E-state index is 12.4. The molecule has 0 atom stereocenters. The molecule has 0 aromatic carbocycles. The van der Waals surface area contributed by atoms with Gasteiger partial charge in [-0.05, 0) is 76.9 Å². The lowest BCUT2D eigenvalue weighted by atomic mass is 9.85. The maximum absolute atomic E-state index is 12.4. The predicted molar refractivity (Wildman–Crippen MR) is 127 cm³/mol. The Morgan fingerprint density at radius 2 is 1.81 bits per heavy atom. The molecule has 1 fully saturated rings. The molecule has 0 bridgehead atoms. The summed E-state index contributed by atoms with van der Waals surface area (Å²) in [6.07, 6.45) is 9.80. The van der Waals surface area contributed by atoms with E-state index in [1.807, 2.05) is 24.3 Å². The first-order valence-electron chi connectivity index (χ1n) is 10.6. The number of hydrogen-bond acceptors (Lipinski definition) is 6. The van der Waals surface area contributed by atoms with Crippen LogP contribution in [-0.2, 0) is 0 Å². The van der Waals surface area contributed by atoms with E-state index in [-0.39, 0.29) is 13.2 Å². The molecular weight excluding hydrogens is 386 g/mol. The third-order valence-corrected chi connectivity index (χ3v) is 5.89. The molecule has 0 spiro atoms. The Morgan fingerprint density at radius 1 is 1.10 bits per heavy atom. The number of rotatable bonds is 6. The number of nitrogens with zero attached hydrogens (tertiary/aromatic N) is 4. The zero-order chi connectivity index (χ0) is 21.1. The summed E-state index contributed by atoms with van der Waals surface area (Å²) in [5, 5.41) is 3.68. The number of ketones is 1. The molecule has 1 N–H and O–H groups in total. The van der Waals surface area contributed by atoms with Crippen LogP contribution in [-0.4, -0.2) is 52.3 Å². The van der Waals surface area contributed by atoms with Gasteiger partial charge in [-0.2, -0.15) is 0 Å². The van der Waals surface area contributed by atoms with Crippen LogP contribution < -0.4 is 5.32 Å². The number of hydrogen-bond donors (Lipinski definition) is 1. The second-order valence-corrected chi connectivity index (χ2v) is 8.53. The Labute approximate surface area is 185 Å². The lowest BCUT2D eigenvalue weighted by molar-refractivity contribution is 0.101. The van der Waals surface area contributed by atoms with Crippen molar-refractivity contribution in [1.82, 2.24) is 19.9 Å². The number of aromatic nitrogens is 3. The minimum Gasteiger partial charge on any atom is -0.380 e. The molecule has 6 nitrogen and oxygen atoms in total. The number of nitrogens with one attached hydrogen (secondary N) is 1. The number of carbonyl (C=O) groups is 1. The molecule has 6 heteroatoms. The molecule has 1 saturated carbocycles. The summed E-state index contributed by atoms with van der Waals surface area (Å²) >= 11 is 0. The van der Waals surface area contributed by atoms with Crippen LogP contribution in [0.5, 0.6) is 0 Å². The molecule has 0 unspecified atom stereocenters. The minimum absolute atomic E-state index is 0. The molecule has 0 amide bonds. The molecule has 0 radical (unpaired) electrons. The van der Waals surface area contributed by atoms with Gasteiger partial charge < -0.3 is 10.2 Å². The Balaban J connectivity index is 0.00000272. The van der Waals surface area contributed by atoms with E-state index in [1.54, 1.807) is 25.5 Å². The quantitative estimate of drug-likeness (QED) is 0.563. The fraction of sp³-hybridized carbons (Fsp3) is 0.440. The highest BCUT2D eigenvalue weighted by molar-refractivity contribution is 6.06. The summed E-state index contributed by atoms with van der Waals surface area (Å²) < 4.78 is 0. The summed E-state index contributed by atoms with van der Waals surface area (Å²) in [7, 11) is 4.28. The van der Waals surface area contributed by atoms with E-state index in [0.29, 0.717) is 11.6 Å². The topological polar surface area (TPSA) is 71.0 Å². The van der Waals surface area contributed by atoms with Crippen LogP contribution in [0.2, 0.25) is 0 Å². The molecule has 3 aromatic heterocycles. The Kier molecular flexibility index (Phi) is 7.33. The van der Waals surface area contributed by atoms with Gasteiger partial charge in [-0.1, -0.05) is 7.43 Å². The summed E-state index contributed by atoms with van der Waals surface area (Å²) in [6.45, 7) is 2.73. The van der Waals surface area contributed by atoms with Crippen LogP contribution in [0.15, 0.2) is 42.9 Å². The van der Waals surface area contributed by atoms with E-state index in [2.05, 4.69) is 34.3 Å². The van der Waals surface area contributed by atoms with Gasteiger partial charge in [0, 0.05) is 36.7 Å². The first-order valence-corrected chi connectivity index (χ1v) is 10.6. The second-order valence-electron chi connectivity index (χ2n) is 8.53. The van der Waals surface area contributed by atoms with Gasteiger partial charge in [-0.15, -0.1) is 0 Å². The van der Waals surface area contributed by atoms with Crippen molar-refractivity contribution in [2.75, 3.05) is 26.0 Å². The normalized spacial score (nSPS) is 18.6. The fourth-order valence-electron chi connectivity index (χ4n) is 4.37. The van der Waals surface area contributed by atoms with Crippen LogP contribution in [0.3, 0.4) is 0 Å². The van der Waals surface area contributed by atoms with Gasteiger partial charge in [0.1, 0.15) is 5.52 Å². The molecule has 1 aliphatic carbocycles. The monoisotopic (exact) mass is 419 g/mol. The lowest BCUT2D eigenvalue weighted by Crippen LogP contribution is -2.31. The molecule has 31 heavy (non-hydrogen) atoms. The predicted octanol–water partition coefficient (Wildman–Crippen LogP) is 5.06. The average molecular weight is 420 g/mol. The zero-order valence-corrected chi connectivity index (χ0v) is 17.9. The summed E-state index contributed by atoms with van der Waals surface area (Å²) in [5.41, 5.74) is 4.83. The van der Waals surface area contributed by atoms with Crippen LogP contribution in [0, 0.1) is 5.92 Å². The van der Waals surface area contributed by atoms with Crippen molar-refractivity contribution in [3.8, 4) is 11.3 Å². The van der Waals surface area contributed by atoms with Gasteiger partial charge in [0.25, 0.3) is 0 Å². The largest absolute Gasteiger partial charge is 0.380 e. The third kappa shape index (κ3) is 5.25. The highest BCUT2D eigenvalue weighted by Gasteiger charge is 2.24. The van der Waals surface area contributed by atoms with Gasteiger partial charge >= 0.3 is 0 Å². The van der Waals surface area contributed by atoms with Gasteiger partial charge in [0.05, 0.1) is 22.5 Å². The van der Waals surface area contributed by atoms with Crippen molar-refractivity contribution >= 4 is 22.5 Å². The van der Waals surface area contributed by atoms with Gasteiger partial charge in [0.15, 0.2) is 5.78 Å². The summed E-state index contributed by atoms with van der Waals surface area (Å²) in [6, 6.07) is 8.17. The first-order chi connectivity index (χ1) is 14.5. The van der Waals surface area contributed by atoms with Crippen molar-refractivity contribution in [3.05, 3.63) is 48.4 Å². The molecule has 4 rings (SSSR count). The van der Waals surface area contributed by atoms with E-state index in [1.165, 1.54) is 12.8 Å². The van der Waals surface area contributed by atoms with Crippen LogP contribution in [0.25, 0.3) is 22.3 Å². The molecule has 0 aliphatic heterocycles. The number of anilines is 1. The van der Waals surface area contributed by atoms with Crippen LogP contribution in [0.1, 0.15) is 50.4 Å². The molecule has 3 heterocycles. The molecule has 164 valence electrons. The second kappa shape index (κ2) is 9.96. The van der Waals surface area contributed by atoms with Crippen molar-refractivity contribution in [2.24, 2.45) is 5.92 Å². The van der Waals surface area contributed by atoms with E-state index in [0.717, 1.165) is 53.3 Å². The van der Waals surface area contributed by atoms with E-state index in [4.69, 9.17) is 4.98 Å². The fourth-order valence-corrected chi connectivity index (χ4v) is 4.37. The first kappa shape index (κ1) is 22.8. The van der Waals surface area contributed by atoms with Crippen LogP contribution in [0.4, 0.5) is 5.69 Å². The average Bonchev–Trinajstić information content (AvgIpc) is 2.75. The molecule has 1 aliphatic rings. The van der Waals surface area contributed by atoms with E-state index < -0.39 is 0 Å². The summed E-state index contributed by atoms with van der Waals surface area (Å²) in [5.74, 6) is 0.750. The van der Waals surface area contributed by atoms with Crippen molar-refractivity contribution in [1.29, 1.82) is 0 Å². The standard InChI is InChI=1S/C24H29N5O.CH4/c1-16(30)20-14-26-22-9-8-21(18-10-12-25-13-11-18)28-24(22)23(20)27-19-6-4-17(5-7-19)15-29(2)3;/h8-14,17,19H,4-7,15H2,1-3H3,(H,26,27);1H4. The Bertz CT molecular complexity index is 1030. The third-order valence-electron chi connectivity index (χ3n) is 5.89. The molecular formula is C25H33N5O. The Hall–Kier alpha value is -2.86. The van der Waals surface area contributed by atoms with Crippen molar-refractivity contribution in [3.63, 3.8) is 0 Å². The molecule has 0 saturated heterocycles. The van der Waals surface area contributed by atoms with Crippen LogP contribution >= 0.6 is 0 Å². The smallest absolute Gasteiger partial charge is 0.163 e. The Morgan fingerprint density at radius 3 is 2.45 bits per heavy atom. The van der Waals surface area contributed by atoms with E-state index in [9.17, 15) is 4.79 Å². The minimum atomic E-state index is 0. The zero-order valence-electron chi connectivity index (χ0n) is 17.9. The van der Waals surface area contributed by atoms with Crippen molar-refractivity contribution < 1.29 is 4.79 Å². The van der Waals surface area contributed by atoms with E-state index >= 15 is 0 Å². The highest BCUT2D eigenvalue weighted by atomic mass is 16.1. The highest BCUT2D eigenvalue weighted by Crippen LogP contribution is 2.32. The van der Waals surface area contributed by atoms with Crippen molar-refractivity contribution in [2.45, 2.75) is 46.1 Å². The van der Waals surface area contributed by atoms with Gasteiger partial charge in [-0.25, -0.2) is 4.98 Å². The summed E-state index contributed by atoms with van der Waals surface area (Å²) in [4.78, 5) is 28.1. The number of fused-ring (bicyclic) bond motifs is 1. The number of Topliss-reactive ketones (excluding diaryl/α,β-unsaturated/α-hetero) is 1. The number of carbonyl (C=O) groups excluding carboxylic acids is 1. The maximum Gasteiger partial charge on any atom is 0.163 e. The number of pyridine rings is 3. The van der Waals surface area contributed by atoms with Gasteiger partial charge in [-0.3, -0.25) is 14.8 Å². The molecule has 3 aromatic rings. The lowest BCUT2D eigenvalue weighted by Gasteiger charge is -2.31. The SMILES string of the molecule is C.CC(=O)c1cnc2ccc(-c3ccncc3)nc2c1NC1CCC(CN(C)C)CC1.